The lowest BCUT2D eigenvalue weighted by Crippen LogP contribution is -1.99. The maximum absolute atomic E-state index is 11.1. The van der Waals surface area contributed by atoms with Gasteiger partial charge < -0.3 is 10.4 Å². The number of fused-ring (bicyclic) bond motifs is 1. The molecule has 0 radical (unpaired) electrons. The fraction of sp³-hybridized carbons (Fsp3) is 0.111. The molecule has 23 heavy (non-hydrogen) atoms. The molecular formula is C18H15ClN2O2. The zero-order chi connectivity index (χ0) is 16.6. The lowest BCUT2D eigenvalue weighted by atomic mass is 10.1. The smallest absolute Gasteiger partial charge is 0.335 e. The van der Waals surface area contributed by atoms with Gasteiger partial charge in [-0.1, -0.05) is 23.7 Å². The maximum atomic E-state index is 11.1. The molecule has 3 aromatic rings. The summed E-state index contributed by atoms with van der Waals surface area (Å²) in [6.45, 7) is 3.90. The minimum absolute atomic E-state index is 0.229. The molecule has 0 aliphatic carbocycles. The Bertz CT molecular complexity index is 922. The number of halogens is 1. The van der Waals surface area contributed by atoms with E-state index in [9.17, 15) is 4.79 Å². The zero-order valence-electron chi connectivity index (χ0n) is 12.7. The van der Waals surface area contributed by atoms with E-state index in [4.69, 9.17) is 16.7 Å². The Balaban J connectivity index is 2.15. The monoisotopic (exact) mass is 326 g/mol. The number of carbonyl (C=O) groups is 1. The number of nitrogens with one attached hydrogen (secondary N) is 1. The van der Waals surface area contributed by atoms with Crippen molar-refractivity contribution in [1.29, 1.82) is 0 Å². The van der Waals surface area contributed by atoms with Crippen LogP contribution in [0, 0.1) is 13.8 Å². The first kappa shape index (κ1) is 15.3. The Labute approximate surface area is 138 Å². The molecule has 0 unspecified atom stereocenters. The van der Waals surface area contributed by atoms with Gasteiger partial charge in [0.25, 0.3) is 0 Å². The number of hydrogen-bond donors (Lipinski definition) is 2. The SMILES string of the molecule is Cc1cc(Nc2cccc(C(=O)O)c2)c2c(Cl)ccc(C)c2n1. The van der Waals surface area contributed by atoms with Gasteiger partial charge in [-0.15, -0.1) is 0 Å². The molecule has 2 N–H and O–H groups in total. The number of aromatic nitrogens is 1. The van der Waals surface area contributed by atoms with Gasteiger partial charge >= 0.3 is 5.97 Å². The van der Waals surface area contributed by atoms with E-state index in [-0.39, 0.29) is 5.56 Å². The fourth-order valence-corrected chi connectivity index (χ4v) is 2.80. The molecule has 0 atom stereocenters. The number of carboxylic acids is 1. The van der Waals surface area contributed by atoms with Crippen molar-refractivity contribution >= 4 is 39.8 Å². The van der Waals surface area contributed by atoms with Crippen LogP contribution in [0.2, 0.25) is 5.02 Å². The molecule has 5 heteroatoms. The van der Waals surface area contributed by atoms with Crippen molar-refractivity contribution in [2.75, 3.05) is 5.32 Å². The number of pyridine rings is 1. The van der Waals surface area contributed by atoms with E-state index >= 15 is 0 Å². The summed E-state index contributed by atoms with van der Waals surface area (Å²) in [7, 11) is 0. The van der Waals surface area contributed by atoms with E-state index < -0.39 is 5.97 Å². The van der Waals surface area contributed by atoms with Crippen LogP contribution >= 0.6 is 11.6 Å². The summed E-state index contributed by atoms with van der Waals surface area (Å²) in [6.07, 6.45) is 0. The van der Waals surface area contributed by atoms with Gasteiger partial charge in [-0.25, -0.2) is 4.79 Å². The Morgan fingerprint density at radius 2 is 1.96 bits per heavy atom. The molecule has 3 rings (SSSR count). The maximum Gasteiger partial charge on any atom is 0.335 e. The molecule has 4 nitrogen and oxygen atoms in total. The molecule has 0 aliphatic heterocycles. The van der Waals surface area contributed by atoms with Crippen molar-refractivity contribution in [3.05, 3.63) is 64.3 Å². The molecule has 0 saturated heterocycles. The number of benzene rings is 2. The van der Waals surface area contributed by atoms with Gasteiger partial charge in [0.2, 0.25) is 0 Å². The molecule has 2 aromatic carbocycles. The molecule has 0 spiro atoms. The van der Waals surface area contributed by atoms with E-state index in [1.807, 2.05) is 38.1 Å². The molecule has 116 valence electrons. The average Bonchev–Trinajstić information content (AvgIpc) is 2.51. The molecule has 1 aromatic heterocycles. The Morgan fingerprint density at radius 1 is 1.17 bits per heavy atom. The van der Waals surface area contributed by atoms with Crippen molar-refractivity contribution in [1.82, 2.24) is 4.98 Å². The van der Waals surface area contributed by atoms with E-state index in [2.05, 4.69) is 10.3 Å². The van der Waals surface area contributed by atoms with Crippen LogP contribution in [0.1, 0.15) is 21.6 Å². The van der Waals surface area contributed by atoms with Gasteiger partial charge in [0, 0.05) is 16.8 Å². The molecule has 0 aliphatic rings. The van der Waals surface area contributed by atoms with Crippen LogP contribution in [-0.4, -0.2) is 16.1 Å². The first-order valence-electron chi connectivity index (χ1n) is 7.12. The number of nitrogens with zero attached hydrogens (tertiary/aromatic N) is 1. The number of aryl methyl sites for hydroxylation is 2. The average molecular weight is 327 g/mol. The van der Waals surface area contributed by atoms with Gasteiger partial charge in [-0.2, -0.15) is 0 Å². The summed E-state index contributed by atoms with van der Waals surface area (Å²) in [5.74, 6) is -0.960. The standard InChI is InChI=1S/C18H15ClN2O2/c1-10-6-7-14(19)16-15(8-11(2)20-17(10)16)21-13-5-3-4-12(9-13)18(22)23/h3-9H,1-2H3,(H,20,21)(H,22,23). The lowest BCUT2D eigenvalue weighted by Gasteiger charge is -2.13. The topological polar surface area (TPSA) is 62.2 Å². The highest BCUT2D eigenvalue weighted by Crippen LogP contribution is 2.33. The minimum atomic E-state index is -0.960. The molecule has 0 bridgehead atoms. The minimum Gasteiger partial charge on any atom is -0.478 e. The lowest BCUT2D eigenvalue weighted by molar-refractivity contribution is 0.0697. The highest BCUT2D eigenvalue weighted by atomic mass is 35.5. The first-order valence-corrected chi connectivity index (χ1v) is 7.50. The van der Waals surface area contributed by atoms with Crippen molar-refractivity contribution in [3.63, 3.8) is 0 Å². The van der Waals surface area contributed by atoms with E-state index in [0.29, 0.717) is 10.7 Å². The van der Waals surface area contributed by atoms with Crippen molar-refractivity contribution < 1.29 is 9.90 Å². The number of rotatable bonds is 3. The van der Waals surface area contributed by atoms with Crippen LogP contribution < -0.4 is 5.32 Å². The summed E-state index contributed by atoms with van der Waals surface area (Å²) in [6, 6.07) is 12.4. The largest absolute Gasteiger partial charge is 0.478 e. The summed E-state index contributed by atoms with van der Waals surface area (Å²) in [5, 5.41) is 13.8. The van der Waals surface area contributed by atoms with E-state index in [1.54, 1.807) is 18.2 Å². The molecule has 0 amide bonds. The third-order valence-electron chi connectivity index (χ3n) is 3.63. The van der Waals surface area contributed by atoms with Crippen LogP contribution in [0.15, 0.2) is 42.5 Å². The molecule has 0 fully saturated rings. The summed E-state index contributed by atoms with van der Waals surface area (Å²) < 4.78 is 0. The van der Waals surface area contributed by atoms with Crippen LogP contribution in [0.3, 0.4) is 0 Å². The zero-order valence-corrected chi connectivity index (χ0v) is 13.5. The summed E-state index contributed by atoms with van der Waals surface area (Å²) >= 11 is 6.36. The van der Waals surface area contributed by atoms with Crippen molar-refractivity contribution in [3.8, 4) is 0 Å². The van der Waals surface area contributed by atoms with Crippen LogP contribution in [0.25, 0.3) is 10.9 Å². The van der Waals surface area contributed by atoms with E-state index in [1.165, 1.54) is 0 Å². The third kappa shape index (κ3) is 2.98. The van der Waals surface area contributed by atoms with Gasteiger partial charge in [-0.05, 0) is 49.7 Å². The number of carboxylic acid groups (broad SMARTS) is 1. The quantitative estimate of drug-likeness (QED) is 0.715. The van der Waals surface area contributed by atoms with Gasteiger partial charge in [0.1, 0.15) is 0 Å². The van der Waals surface area contributed by atoms with E-state index in [0.717, 1.165) is 27.8 Å². The third-order valence-corrected chi connectivity index (χ3v) is 3.94. The molecule has 1 heterocycles. The second-order valence-electron chi connectivity index (χ2n) is 5.41. The van der Waals surface area contributed by atoms with Crippen molar-refractivity contribution in [2.24, 2.45) is 0 Å². The second-order valence-corrected chi connectivity index (χ2v) is 5.82. The molecular weight excluding hydrogens is 312 g/mol. The fourth-order valence-electron chi connectivity index (χ4n) is 2.54. The van der Waals surface area contributed by atoms with Crippen molar-refractivity contribution in [2.45, 2.75) is 13.8 Å². The number of aromatic carboxylic acids is 1. The summed E-state index contributed by atoms with van der Waals surface area (Å²) in [4.78, 5) is 15.7. The predicted molar refractivity (Wildman–Crippen MR) is 92.9 cm³/mol. The Hall–Kier alpha value is -2.59. The highest BCUT2D eigenvalue weighted by molar-refractivity contribution is 6.36. The van der Waals surface area contributed by atoms with Gasteiger partial charge in [0.05, 0.1) is 21.8 Å². The second kappa shape index (κ2) is 5.89. The first-order chi connectivity index (χ1) is 11.0. The van der Waals surface area contributed by atoms with Gasteiger partial charge in [0.15, 0.2) is 0 Å². The van der Waals surface area contributed by atoms with Crippen LogP contribution in [-0.2, 0) is 0 Å². The van der Waals surface area contributed by atoms with Gasteiger partial charge in [-0.3, -0.25) is 4.98 Å². The predicted octanol–water partition coefficient (Wildman–Crippen LogP) is 4.95. The Morgan fingerprint density at radius 3 is 2.70 bits per heavy atom. The highest BCUT2D eigenvalue weighted by Gasteiger charge is 2.11. The normalized spacial score (nSPS) is 10.7. The van der Waals surface area contributed by atoms with Crippen LogP contribution in [0.4, 0.5) is 11.4 Å². The summed E-state index contributed by atoms with van der Waals surface area (Å²) in [5.41, 5.74) is 4.47. The molecule has 0 saturated carbocycles. The number of hydrogen-bond acceptors (Lipinski definition) is 3. The van der Waals surface area contributed by atoms with Crippen LogP contribution in [0.5, 0.6) is 0 Å². The number of anilines is 2. The Kier molecular flexibility index (Phi) is 3.92.